The lowest BCUT2D eigenvalue weighted by Gasteiger charge is -2.27. The Labute approximate surface area is 308 Å². The molecular weight excluding hydrogens is 649 g/mol. The standard InChI is InChI=1S/C49H36N2S/c1-3-16-41-42-30-27-36(33-46(42)51(44(41)4-2)38-21-12-7-13-22-38)40-31-32-45(48-43-23-14-15-24-47(43)52-49(40)48)50(37-19-10-6-11-20-37)39-28-25-35(26-29-39)34-17-8-5-9-18-34/h3-33H,2H2,1H3/b16-3-. The molecule has 9 aromatic rings. The number of allylic oxidation sites excluding steroid dienone is 1. The van der Waals surface area contributed by atoms with E-state index >= 15 is 0 Å². The molecule has 7 aromatic carbocycles. The molecule has 2 nitrogen and oxygen atoms in total. The summed E-state index contributed by atoms with van der Waals surface area (Å²) in [5, 5.41) is 3.73. The maximum absolute atomic E-state index is 4.24. The number of thiophene rings is 1. The summed E-state index contributed by atoms with van der Waals surface area (Å²) in [5.41, 5.74) is 12.8. The minimum absolute atomic E-state index is 1.09. The summed E-state index contributed by atoms with van der Waals surface area (Å²) in [5.74, 6) is 0. The Morgan fingerprint density at radius 2 is 1.23 bits per heavy atom. The minimum atomic E-state index is 1.09. The van der Waals surface area contributed by atoms with E-state index in [0.717, 1.165) is 34.0 Å². The van der Waals surface area contributed by atoms with Crippen molar-refractivity contribution in [1.82, 2.24) is 4.57 Å². The van der Waals surface area contributed by atoms with E-state index in [4.69, 9.17) is 0 Å². The van der Waals surface area contributed by atoms with Crippen molar-refractivity contribution in [2.45, 2.75) is 6.92 Å². The fraction of sp³-hybridized carbons (Fsp3) is 0.0204. The summed E-state index contributed by atoms with van der Waals surface area (Å²) < 4.78 is 4.89. The summed E-state index contributed by atoms with van der Waals surface area (Å²) in [6.45, 7) is 6.31. The first-order chi connectivity index (χ1) is 25.7. The van der Waals surface area contributed by atoms with E-state index in [0.29, 0.717) is 0 Å². The number of aromatic nitrogens is 1. The largest absolute Gasteiger partial charge is 0.310 e. The molecule has 0 fully saturated rings. The van der Waals surface area contributed by atoms with Crippen molar-refractivity contribution in [3.05, 3.63) is 194 Å². The third-order valence-electron chi connectivity index (χ3n) is 9.89. The van der Waals surface area contributed by atoms with Gasteiger partial charge in [0, 0.05) is 48.2 Å². The van der Waals surface area contributed by atoms with Gasteiger partial charge in [-0.25, -0.2) is 0 Å². The van der Waals surface area contributed by atoms with Gasteiger partial charge in [-0.15, -0.1) is 11.3 Å². The van der Waals surface area contributed by atoms with Gasteiger partial charge in [0.25, 0.3) is 0 Å². The van der Waals surface area contributed by atoms with Crippen molar-refractivity contribution >= 4 is 71.6 Å². The molecule has 0 radical (unpaired) electrons. The van der Waals surface area contributed by atoms with Gasteiger partial charge in [0.15, 0.2) is 0 Å². The molecule has 0 saturated carbocycles. The zero-order valence-corrected chi connectivity index (χ0v) is 29.7. The highest BCUT2D eigenvalue weighted by atomic mass is 32.1. The first-order valence-corrected chi connectivity index (χ1v) is 18.5. The molecule has 248 valence electrons. The number of para-hydroxylation sites is 2. The molecule has 2 aromatic heterocycles. The average Bonchev–Trinajstić information content (AvgIpc) is 3.75. The summed E-state index contributed by atoms with van der Waals surface area (Å²) >= 11 is 1.87. The molecule has 2 heterocycles. The van der Waals surface area contributed by atoms with E-state index in [2.05, 4.69) is 205 Å². The fourth-order valence-electron chi connectivity index (χ4n) is 7.56. The van der Waals surface area contributed by atoms with Crippen molar-refractivity contribution in [2.24, 2.45) is 0 Å². The number of nitrogens with zero attached hydrogens (tertiary/aromatic N) is 2. The Hall–Kier alpha value is -6.42. The van der Waals surface area contributed by atoms with E-state index in [1.54, 1.807) is 0 Å². The monoisotopic (exact) mass is 684 g/mol. The molecule has 0 bridgehead atoms. The lowest BCUT2D eigenvalue weighted by molar-refractivity contribution is 1.11. The maximum Gasteiger partial charge on any atom is 0.0555 e. The second-order valence-electron chi connectivity index (χ2n) is 12.9. The van der Waals surface area contributed by atoms with Crippen LogP contribution in [0.15, 0.2) is 183 Å². The molecule has 0 aliphatic rings. The number of hydrogen-bond acceptors (Lipinski definition) is 2. The van der Waals surface area contributed by atoms with Gasteiger partial charge in [0.2, 0.25) is 0 Å². The van der Waals surface area contributed by atoms with Crippen molar-refractivity contribution in [2.75, 3.05) is 4.90 Å². The van der Waals surface area contributed by atoms with Gasteiger partial charge in [-0.1, -0.05) is 134 Å². The smallest absolute Gasteiger partial charge is 0.0555 e. The topological polar surface area (TPSA) is 8.17 Å². The Kier molecular flexibility index (Phi) is 8.11. The van der Waals surface area contributed by atoms with Crippen LogP contribution in [0.1, 0.15) is 18.2 Å². The Morgan fingerprint density at radius 1 is 0.596 bits per heavy atom. The number of fused-ring (bicyclic) bond motifs is 4. The van der Waals surface area contributed by atoms with Gasteiger partial charge in [-0.3, -0.25) is 0 Å². The van der Waals surface area contributed by atoms with E-state index < -0.39 is 0 Å². The van der Waals surface area contributed by atoms with Crippen LogP contribution in [0, 0.1) is 0 Å². The van der Waals surface area contributed by atoms with Crippen molar-refractivity contribution < 1.29 is 0 Å². The van der Waals surface area contributed by atoms with Crippen LogP contribution >= 0.6 is 11.3 Å². The van der Waals surface area contributed by atoms with Crippen LogP contribution in [0.5, 0.6) is 0 Å². The van der Waals surface area contributed by atoms with Gasteiger partial charge < -0.3 is 9.47 Å². The highest BCUT2D eigenvalue weighted by Gasteiger charge is 2.22. The third-order valence-corrected chi connectivity index (χ3v) is 11.1. The molecule has 52 heavy (non-hydrogen) atoms. The van der Waals surface area contributed by atoms with Gasteiger partial charge in [-0.05, 0) is 89.9 Å². The molecular formula is C49H36N2S. The van der Waals surface area contributed by atoms with E-state index in [-0.39, 0.29) is 0 Å². The zero-order valence-electron chi connectivity index (χ0n) is 28.9. The van der Waals surface area contributed by atoms with E-state index in [9.17, 15) is 0 Å². The molecule has 3 heteroatoms. The Morgan fingerprint density at radius 3 is 1.96 bits per heavy atom. The molecule has 0 unspecified atom stereocenters. The van der Waals surface area contributed by atoms with Crippen LogP contribution in [0.2, 0.25) is 0 Å². The van der Waals surface area contributed by atoms with Crippen LogP contribution < -0.4 is 4.90 Å². The van der Waals surface area contributed by atoms with Crippen LogP contribution in [-0.2, 0) is 0 Å². The first-order valence-electron chi connectivity index (χ1n) is 17.7. The second kappa shape index (κ2) is 13.4. The summed E-state index contributed by atoms with van der Waals surface area (Å²) in [6.07, 6.45) is 6.28. The first kappa shape index (κ1) is 31.6. The second-order valence-corrected chi connectivity index (χ2v) is 14.0. The van der Waals surface area contributed by atoms with Crippen molar-refractivity contribution in [1.29, 1.82) is 0 Å². The summed E-state index contributed by atoms with van der Waals surface area (Å²) in [6, 6.07) is 61.2. The SMILES string of the molecule is C=Cc1c(/C=C\C)c2ccc(-c3ccc(N(c4ccccc4)c4ccc(-c5ccccc5)cc4)c4c3sc3ccccc34)cc2n1-c1ccccc1. The molecule has 0 spiro atoms. The predicted molar refractivity (Wildman–Crippen MR) is 227 cm³/mol. The van der Waals surface area contributed by atoms with Gasteiger partial charge in [0.05, 0.1) is 16.9 Å². The molecule has 0 amide bonds. The van der Waals surface area contributed by atoms with Crippen LogP contribution in [0.4, 0.5) is 17.1 Å². The minimum Gasteiger partial charge on any atom is -0.310 e. The number of rotatable bonds is 8. The average molecular weight is 685 g/mol. The Balaban J connectivity index is 1.28. The van der Waals surface area contributed by atoms with Gasteiger partial charge in [0.1, 0.15) is 0 Å². The predicted octanol–water partition coefficient (Wildman–Crippen LogP) is 14.5. The van der Waals surface area contributed by atoms with Crippen LogP contribution in [0.25, 0.3) is 71.2 Å². The number of anilines is 3. The third kappa shape index (κ3) is 5.35. The maximum atomic E-state index is 4.24. The van der Waals surface area contributed by atoms with Gasteiger partial charge >= 0.3 is 0 Å². The molecule has 0 N–H and O–H groups in total. The Bertz CT molecular complexity index is 2740. The van der Waals surface area contributed by atoms with Gasteiger partial charge in [-0.2, -0.15) is 0 Å². The van der Waals surface area contributed by atoms with E-state index in [1.165, 1.54) is 53.4 Å². The summed E-state index contributed by atoms with van der Waals surface area (Å²) in [7, 11) is 0. The molecule has 0 saturated heterocycles. The molecule has 0 atom stereocenters. The fourth-order valence-corrected chi connectivity index (χ4v) is 8.82. The molecule has 0 aliphatic heterocycles. The number of hydrogen-bond donors (Lipinski definition) is 0. The molecule has 0 aliphatic carbocycles. The van der Waals surface area contributed by atoms with Crippen LogP contribution in [0.3, 0.4) is 0 Å². The van der Waals surface area contributed by atoms with Crippen LogP contribution in [-0.4, -0.2) is 4.57 Å². The highest BCUT2D eigenvalue weighted by molar-refractivity contribution is 7.26. The quantitative estimate of drug-likeness (QED) is 0.155. The summed E-state index contributed by atoms with van der Waals surface area (Å²) in [4.78, 5) is 2.41. The highest BCUT2D eigenvalue weighted by Crippen LogP contribution is 2.49. The lowest BCUT2D eigenvalue weighted by Crippen LogP contribution is -2.10. The zero-order chi connectivity index (χ0) is 35.0. The van der Waals surface area contributed by atoms with Crippen molar-refractivity contribution in [3.8, 4) is 27.9 Å². The van der Waals surface area contributed by atoms with Crippen molar-refractivity contribution in [3.63, 3.8) is 0 Å². The van der Waals surface area contributed by atoms with E-state index in [1.807, 2.05) is 17.4 Å². The normalized spacial score (nSPS) is 11.6. The number of benzene rings is 7. The molecule has 9 rings (SSSR count). The lowest BCUT2D eigenvalue weighted by atomic mass is 9.98.